The van der Waals surface area contributed by atoms with Gasteiger partial charge in [-0.1, -0.05) is 0 Å². The number of nitrogens with zero attached hydrogens (tertiary/aromatic N) is 3. The molecule has 1 aliphatic heterocycles. The minimum absolute atomic E-state index is 0.242. The third kappa shape index (κ3) is 6.86. The van der Waals surface area contributed by atoms with Gasteiger partial charge in [0.25, 0.3) is 0 Å². The van der Waals surface area contributed by atoms with Crippen molar-refractivity contribution in [2.24, 2.45) is 10.7 Å². The number of amides is 1. The monoisotopic (exact) mass is 417 g/mol. The first-order valence-corrected chi connectivity index (χ1v) is 9.26. The first-order valence-electron chi connectivity index (χ1n) is 9.26. The lowest BCUT2D eigenvalue weighted by Gasteiger charge is -2.32. The molecule has 1 aliphatic rings. The first kappa shape index (κ1) is 22.9. The summed E-state index contributed by atoms with van der Waals surface area (Å²) < 4.78 is 49.9. The van der Waals surface area contributed by atoms with Gasteiger partial charge in [-0.05, 0) is 25.8 Å². The summed E-state index contributed by atoms with van der Waals surface area (Å²) in [4.78, 5) is 21.4. The van der Waals surface area contributed by atoms with Crippen molar-refractivity contribution < 1.29 is 27.4 Å². The van der Waals surface area contributed by atoms with Crippen LogP contribution in [0.1, 0.15) is 30.9 Å². The molecule has 0 aliphatic carbocycles. The van der Waals surface area contributed by atoms with Crippen LogP contribution in [-0.4, -0.2) is 67.8 Å². The number of carbonyl (C=O) groups excluding carboxylic acids is 1. The maximum absolute atomic E-state index is 13.4. The highest BCUT2D eigenvalue weighted by atomic mass is 19.4. The van der Waals surface area contributed by atoms with E-state index in [9.17, 15) is 18.0 Å². The minimum atomic E-state index is -4.68. The summed E-state index contributed by atoms with van der Waals surface area (Å²) >= 11 is 0. The van der Waals surface area contributed by atoms with Gasteiger partial charge in [-0.3, -0.25) is 15.2 Å². The van der Waals surface area contributed by atoms with Crippen molar-refractivity contribution >= 4 is 17.7 Å². The molecule has 1 atom stereocenters. The van der Waals surface area contributed by atoms with E-state index in [4.69, 9.17) is 10.5 Å². The number of alkyl halides is 3. The largest absolute Gasteiger partial charge is 0.453 e. The Balaban J connectivity index is 2.02. The second kappa shape index (κ2) is 10.4. The third-order valence-corrected chi connectivity index (χ3v) is 4.63. The van der Waals surface area contributed by atoms with E-state index >= 15 is 0 Å². The summed E-state index contributed by atoms with van der Waals surface area (Å²) in [6, 6.07) is 1.04. The highest BCUT2D eigenvalue weighted by Crippen LogP contribution is 2.33. The van der Waals surface area contributed by atoms with E-state index in [0.717, 1.165) is 32.8 Å². The molecule has 1 aromatic heterocycles. The van der Waals surface area contributed by atoms with Gasteiger partial charge in [0.1, 0.15) is 11.7 Å². The van der Waals surface area contributed by atoms with Crippen LogP contribution in [0.5, 0.6) is 0 Å². The van der Waals surface area contributed by atoms with Crippen LogP contribution in [-0.2, 0) is 15.7 Å². The third-order valence-electron chi connectivity index (χ3n) is 4.63. The number of ether oxygens (including phenoxy) is 2. The van der Waals surface area contributed by atoms with Crippen molar-refractivity contribution in [3.63, 3.8) is 0 Å². The van der Waals surface area contributed by atoms with Crippen molar-refractivity contribution in [3.05, 3.63) is 23.4 Å². The number of methoxy groups -OCH3 is 1. The summed E-state index contributed by atoms with van der Waals surface area (Å²) in [5.74, 6) is -0.534. The quantitative estimate of drug-likeness (QED) is 0.402. The molecule has 0 spiro atoms. The van der Waals surface area contributed by atoms with Crippen LogP contribution in [0.3, 0.4) is 0 Å². The molecule has 1 amide bonds. The van der Waals surface area contributed by atoms with Crippen LogP contribution >= 0.6 is 0 Å². The van der Waals surface area contributed by atoms with Gasteiger partial charge in [0, 0.05) is 37.4 Å². The van der Waals surface area contributed by atoms with Crippen LogP contribution in [0, 0.1) is 0 Å². The molecule has 2 heterocycles. The van der Waals surface area contributed by atoms with Crippen molar-refractivity contribution in [2.75, 3.05) is 45.3 Å². The summed E-state index contributed by atoms with van der Waals surface area (Å²) in [5, 5.41) is 2.10. The molecule has 3 N–H and O–H groups in total. The molecule has 1 aromatic rings. The summed E-state index contributed by atoms with van der Waals surface area (Å²) in [5.41, 5.74) is 4.45. The Morgan fingerprint density at radius 1 is 1.45 bits per heavy atom. The zero-order valence-corrected chi connectivity index (χ0v) is 16.5. The van der Waals surface area contributed by atoms with E-state index < -0.39 is 17.8 Å². The minimum Gasteiger partial charge on any atom is -0.453 e. The Hall–Kier alpha value is -2.40. The van der Waals surface area contributed by atoms with E-state index in [1.54, 1.807) is 0 Å². The van der Waals surface area contributed by atoms with Crippen LogP contribution in [0.2, 0.25) is 0 Å². The van der Waals surface area contributed by atoms with Crippen molar-refractivity contribution in [1.29, 1.82) is 0 Å². The van der Waals surface area contributed by atoms with Crippen LogP contribution in [0.15, 0.2) is 17.3 Å². The number of morpholine rings is 1. The molecule has 11 heteroatoms. The number of nitrogens with two attached hydrogens (primary N) is 1. The van der Waals surface area contributed by atoms with Crippen molar-refractivity contribution in [1.82, 2.24) is 9.88 Å². The predicted octanol–water partition coefficient (Wildman–Crippen LogP) is 2.48. The van der Waals surface area contributed by atoms with Gasteiger partial charge in [0.15, 0.2) is 0 Å². The van der Waals surface area contributed by atoms with Crippen LogP contribution in [0.4, 0.5) is 23.8 Å². The Bertz CT molecular complexity index is 721. The SMILES string of the molecule is COC(=O)Nc1cc(C(F)(F)F)c(C(N)=NCCCC(C)N2CCOCC2)cn1. The fourth-order valence-corrected chi connectivity index (χ4v) is 2.99. The van der Waals surface area contributed by atoms with Crippen molar-refractivity contribution in [3.8, 4) is 0 Å². The zero-order chi connectivity index (χ0) is 21.4. The van der Waals surface area contributed by atoms with Gasteiger partial charge in [0.05, 0.1) is 25.9 Å². The van der Waals surface area contributed by atoms with Gasteiger partial charge in [0.2, 0.25) is 0 Å². The molecule has 0 radical (unpaired) electrons. The molecular formula is C18H26F3N5O3. The molecular weight excluding hydrogens is 391 g/mol. The molecule has 0 saturated carbocycles. The number of carbonyl (C=O) groups is 1. The molecule has 1 unspecified atom stereocenters. The number of anilines is 1. The first-order chi connectivity index (χ1) is 13.7. The summed E-state index contributed by atoms with van der Waals surface area (Å²) in [6.07, 6.45) is -3.12. The normalized spacial score (nSPS) is 17.1. The van der Waals surface area contributed by atoms with Gasteiger partial charge in [-0.2, -0.15) is 13.2 Å². The number of aliphatic imine (C=N–C) groups is 1. The molecule has 1 saturated heterocycles. The van der Waals surface area contributed by atoms with Gasteiger partial charge in [-0.25, -0.2) is 9.78 Å². The number of pyridine rings is 1. The molecule has 0 bridgehead atoms. The second-order valence-corrected chi connectivity index (χ2v) is 6.64. The van der Waals surface area contributed by atoms with E-state index in [0.29, 0.717) is 38.3 Å². The predicted molar refractivity (Wildman–Crippen MR) is 102 cm³/mol. The maximum atomic E-state index is 13.4. The number of nitrogens with one attached hydrogen (secondary N) is 1. The summed E-state index contributed by atoms with van der Waals surface area (Å²) in [7, 11) is 1.10. The van der Waals surface area contributed by atoms with Crippen molar-refractivity contribution in [2.45, 2.75) is 32.0 Å². The number of aromatic nitrogens is 1. The lowest BCUT2D eigenvalue weighted by molar-refractivity contribution is -0.137. The Morgan fingerprint density at radius 2 is 2.14 bits per heavy atom. The standard InChI is InChI=1S/C18H26F3N5O3/c1-12(26-6-8-29-9-7-26)4-3-5-23-16(22)13-11-24-15(25-17(27)28-2)10-14(13)18(19,20)21/h10-12H,3-9H2,1-2H3,(H2,22,23)(H,24,25,27). The van der Waals surface area contributed by atoms with E-state index in [1.165, 1.54) is 0 Å². The van der Waals surface area contributed by atoms with Crippen LogP contribution < -0.4 is 11.1 Å². The van der Waals surface area contributed by atoms with Gasteiger partial charge in [-0.15, -0.1) is 0 Å². The maximum Gasteiger partial charge on any atom is 0.417 e. The highest BCUT2D eigenvalue weighted by molar-refractivity contribution is 5.99. The number of hydrogen-bond donors (Lipinski definition) is 2. The number of halogens is 3. The lowest BCUT2D eigenvalue weighted by atomic mass is 10.1. The molecule has 1 fully saturated rings. The fraction of sp³-hybridized carbons (Fsp3) is 0.611. The topological polar surface area (TPSA) is 102 Å². The molecule has 162 valence electrons. The van der Waals surface area contributed by atoms with E-state index in [1.807, 2.05) is 0 Å². The van der Waals surface area contributed by atoms with E-state index in [2.05, 4.69) is 31.9 Å². The molecule has 0 aromatic carbocycles. The molecule has 2 rings (SSSR count). The Labute approximate surface area is 167 Å². The fourth-order valence-electron chi connectivity index (χ4n) is 2.99. The number of hydrogen-bond acceptors (Lipinski definition) is 6. The smallest absolute Gasteiger partial charge is 0.417 e. The highest BCUT2D eigenvalue weighted by Gasteiger charge is 2.35. The van der Waals surface area contributed by atoms with Crippen LogP contribution in [0.25, 0.3) is 0 Å². The molecule has 8 nitrogen and oxygen atoms in total. The van der Waals surface area contributed by atoms with Gasteiger partial charge < -0.3 is 15.2 Å². The average Bonchev–Trinajstić information content (AvgIpc) is 2.70. The van der Waals surface area contributed by atoms with E-state index in [-0.39, 0.29) is 17.2 Å². The summed E-state index contributed by atoms with van der Waals surface area (Å²) in [6.45, 7) is 5.59. The zero-order valence-electron chi connectivity index (χ0n) is 16.5. The number of rotatable bonds is 7. The van der Waals surface area contributed by atoms with Gasteiger partial charge >= 0.3 is 12.3 Å². The molecule has 29 heavy (non-hydrogen) atoms. The Morgan fingerprint density at radius 3 is 2.76 bits per heavy atom. The average molecular weight is 417 g/mol. The Kier molecular flexibility index (Phi) is 8.21. The number of amidine groups is 1. The second-order valence-electron chi connectivity index (χ2n) is 6.64. The lowest BCUT2D eigenvalue weighted by Crippen LogP contribution is -2.42.